The highest BCUT2D eigenvalue weighted by Crippen LogP contribution is 2.22. The van der Waals surface area contributed by atoms with Crippen molar-refractivity contribution in [3.63, 3.8) is 0 Å². The maximum absolute atomic E-state index is 11.9. The van der Waals surface area contributed by atoms with Crippen LogP contribution < -0.4 is 5.56 Å². The number of hydrogen-bond donors (Lipinski definition) is 1. The minimum atomic E-state index is -0.135. The molecule has 18 heavy (non-hydrogen) atoms. The fourth-order valence-electron chi connectivity index (χ4n) is 1.71. The molecule has 0 spiro atoms. The van der Waals surface area contributed by atoms with Crippen LogP contribution in [0.1, 0.15) is 31.0 Å². The maximum atomic E-state index is 11.9. The fourth-order valence-corrected chi connectivity index (χ4v) is 2.35. The molecular weight excluding hydrogens is 292 g/mol. The van der Waals surface area contributed by atoms with Crippen LogP contribution >= 0.6 is 15.9 Å². The van der Waals surface area contributed by atoms with Gasteiger partial charge in [-0.25, -0.2) is 4.98 Å². The monoisotopic (exact) mass is 306 g/mol. The predicted octanol–water partition coefficient (Wildman–Crippen LogP) is 3.63. The third kappa shape index (κ3) is 2.53. The Morgan fingerprint density at radius 3 is 2.39 bits per heavy atom. The highest BCUT2D eigenvalue weighted by Gasteiger charge is 2.12. The molecule has 0 atom stereocenters. The Bertz CT molecular complexity index is 615. The Labute approximate surface area is 114 Å². The van der Waals surface area contributed by atoms with Crippen LogP contribution in [0.4, 0.5) is 0 Å². The number of aromatic amines is 1. The second-order valence-electron chi connectivity index (χ2n) is 4.63. The molecule has 0 amide bonds. The van der Waals surface area contributed by atoms with Crippen molar-refractivity contribution in [3.8, 4) is 11.4 Å². The van der Waals surface area contributed by atoms with Crippen molar-refractivity contribution < 1.29 is 0 Å². The van der Waals surface area contributed by atoms with Crippen molar-refractivity contribution in [1.29, 1.82) is 0 Å². The molecule has 1 aromatic carbocycles. The Morgan fingerprint density at radius 1 is 1.22 bits per heavy atom. The van der Waals surface area contributed by atoms with E-state index in [2.05, 4.69) is 25.9 Å². The summed E-state index contributed by atoms with van der Waals surface area (Å²) in [7, 11) is 0. The summed E-state index contributed by atoms with van der Waals surface area (Å²) >= 11 is 3.29. The number of H-pyrrole nitrogens is 1. The van der Waals surface area contributed by atoms with E-state index in [1.54, 1.807) is 0 Å². The number of halogens is 1. The van der Waals surface area contributed by atoms with Gasteiger partial charge < -0.3 is 4.98 Å². The van der Waals surface area contributed by atoms with Gasteiger partial charge in [0.1, 0.15) is 10.3 Å². The summed E-state index contributed by atoms with van der Waals surface area (Å²) in [6.45, 7) is 6.07. The highest BCUT2D eigenvalue weighted by atomic mass is 79.9. The van der Waals surface area contributed by atoms with Gasteiger partial charge in [0.25, 0.3) is 5.56 Å². The van der Waals surface area contributed by atoms with Crippen molar-refractivity contribution >= 4 is 15.9 Å². The molecule has 4 heteroatoms. The second-order valence-corrected chi connectivity index (χ2v) is 5.43. The molecule has 0 saturated heterocycles. The van der Waals surface area contributed by atoms with Crippen molar-refractivity contribution in [3.05, 3.63) is 50.3 Å². The number of nitrogens with zero attached hydrogens (tertiary/aromatic N) is 1. The van der Waals surface area contributed by atoms with E-state index in [-0.39, 0.29) is 11.5 Å². The molecular formula is C14H15BrN2O. The Hall–Kier alpha value is -1.42. The van der Waals surface area contributed by atoms with Gasteiger partial charge in [-0.3, -0.25) is 4.79 Å². The largest absolute Gasteiger partial charge is 0.306 e. The quantitative estimate of drug-likeness (QED) is 0.921. The first kappa shape index (κ1) is 13.0. The van der Waals surface area contributed by atoms with Gasteiger partial charge in [-0.1, -0.05) is 43.7 Å². The van der Waals surface area contributed by atoms with E-state index in [0.717, 1.165) is 11.3 Å². The first-order valence-electron chi connectivity index (χ1n) is 5.86. The van der Waals surface area contributed by atoms with Crippen LogP contribution in [0, 0.1) is 6.92 Å². The molecule has 2 rings (SSSR count). The molecule has 2 aromatic rings. The predicted molar refractivity (Wildman–Crippen MR) is 76.8 cm³/mol. The molecule has 1 aromatic heterocycles. The Kier molecular flexibility index (Phi) is 3.66. The molecule has 1 N–H and O–H groups in total. The lowest BCUT2D eigenvalue weighted by Crippen LogP contribution is -2.14. The first-order valence-corrected chi connectivity index (χ1v) is 6.65. The lowest BCUT2D eigenvalue weighted by molar-refractivity contribution is 0.803. The van der Waals surface area contributed by atoms with Gasteiger partial charge >= 0.3 is 0 Å². The van der Waals surface area contributed by atoms with Crippen molar-refractivity contribution in [1.82, 2.24) is 9.97 Å². The smallest absolute Gasteiger partial charge is 0.265 e. The van der Waals surface area contributed by atoms with Gasteiger partial charge in [-0.2, -0.15) is 0 Å². The fraction of sp³-hybridized carbons (Fsp3) is 0.286. The van der Waals surface area contributed by atoms with Gasteiger partial charge in [-0.15, -0.1) is 0 Å². The average molecular weight is 307 g/mol. The lowest BCUT2D eigenvalue weighted by Gasteiger charge is -2.09. The van der Waals surface area contributed by atoms with Gasteiger partial charge in [0.2, 0.25) is 0 Å². The second kappa shape index (κ2) is 5.06. The third-order valence-corrected chi connectivity index (χ3v) is 3.53. The SMILES string of the molecule is Cc1ccc(-c2nc(C(C)C)c(Br)c(=O)[nH]2)cc1. The van der Waals surface area contributed by atoms with Crippen LogP contribution in [-0.4, -0.2) is 9.97 Å². The van der Waals surface area contributed by atoms with E-state index < -0.39 is 0 Å². The average Bonchev–Trinajstić information content (AvgIpc) is 2.33. The van der Waals surface area contributed by atoms with Crippen LogP contribution in [0.5, 0.6) is 0 Å². The zero-order valence-electron chi connectivity index (χ0n) is 10.6. The Morgan fingerprint density at radius 2 is 1.83 bits per heavy atom. The minimum absolute atomic E-state index is 0.135. The number of hydrogen-bond acceptors (Lipinski definition) is 2. The molecule has 94 valence electrons. The van der Waals surface area contributed by atoms with Gasteiger partial charge in [-0.05, 0) is 28.8 Å². The van der Waals surface area contributed by atoms with Crippen LogP contribution in [0.2, 0.25) is 0 Å². The number of aryl methyl sites for hydroxylation is 1. The minimum Gasteiger partial charge on any atom is -0.306 e. The van der Waals surface area contributed by atoms with Crippen LogP contribution in [0.3, 0.4) is 0 Å². The van der Waals surface area contributed by atoms with Gasteiger partial charge in [0, 0.05) is 5.56 Å². The summed E-state index contributed by atoms with van der Waals surface area (Å²) in [5.74, 6) is 0.817. The normalized spacial score (nSPS) is 10.9. The van der Waals surface area contributed by atoms with E-state index in [4.69, 9.17) is 0 Å². The van der Waals surface area contributed by atoms with E-state index in [1.165, 1.54) is 5.56 Å². The third-order valence-electron chi connectivity index (χ3n) is 2.76. The lowest BCUT2D eigenvalue weighted by atomic mass is 10.1. The summed E-state index contributed by atoms with van der Waals surface area (Å²) in [5.41, 5.74) is 2.76. The van der Waals surface area contributed by atoms with E-state index in [1.807, 2.05) is 45.0 Å². The molecule has 0 aliphatic carbocycles. The number of nitrogens with one attached hydrogen (secondary N) is 1. The summed E-state index contributed by atoms with van der Waals surface area (Å²) in [5, 5.41) is 0. The molecule has 0 aliphatic heterocycles. The number of rotatable bonds is 2. The number of benzene rings is 1. The van der Waals surface area contributed by atoms with E-state index in [9.17, 15) is 4.79 Å². The molecule has 0 aliphatic rings. The van der Waals surface area contributed by atoms with Crippen LogP contribution in [0.25, 0.3) is 11.4 Å². The van der Waals surface area contributed by atoms with Crippen molar-refractivity contribution in [2.45, 2.75) is 26.7 Å². The zero-order valence-corrected chi connectivity index (χ0v) is 12.2. The number of aromatic nitrogens is 2. The molecule has 3 nitrogen and oxygen atoms in total. The topological polar surface area (TPSA) is 45.8 Å². The molecule has 0 radical (unpaired) electrons. The molecule has 0 fully saturated rings. The maximum Gasteiger partial charge on any atom is 0.265 e. The first-order chi connectivity index (χ1) is 8.49. The van der Waals surface area contributed by atoms with E-state index >= 15 is 0 Å². The van der Waals surface area contributed by atoms with E-state index in [0.29, 0.717) is 10.3 Å². The summed E-state index contributed by atoms with van der Waals surface area (Å²) in [6, 6.07) is 7.94. The van der Waals surface area contributed by atoms with Crippen molar-refractivity contribution in [2.24, 2.45) is 0 Å². The van der Waals surface area contributed by atoms with Gasteiger partial charge in [0.05, 0.1) is 5.69 Å². The van der Waals surface area contributed by atoms with Crippen LogP contribution in [0.15, 0.2) is 33.5 Å². The van der Waals surface area contributed by atoms with Crippen molar-refractivity contribution in [2.75, 3.05) is 0 Å². The van der Waals surface area contributed by atoms with Gasteiger partial charge in [0.15, 0.2) is 0 Å². The molecule has 1 heterocycles. The summed E-state index contributed by atoms with van der Waals surface area (Å²) in [6.07, 6.45) is 0. The summed E-state index contributed by atoms with van der Waals surface area (Å²) < 4.78 is 0.522. The Balaban J connectivity index is 2.59. The molecule has 0 saturated carbocycles. The summed E-state index contributed by atoms with van der Waals surface area (Å²) in [4.78, 5) is 19.2. The highest BCUT2D eigenvalue weighted by molar-refractivity contribution is 9.10. The molecule has 0 unspecified atom stereocenters. The standard InChI is InChI=1S/C14H15BrN2O/c1-8(2)12-11(15)14(18)17-13(16-12)10-6-4-9(3)5-7-10/h4-8H,1-3H3,(H,16,17,18). The zero-order chi connectivity index (χ0) is 13.3. The molecule has 0 bridgehead atoms. The van der Waals surface area contributed by atoms with Crippen LogP contribution in [-0.2, 0) is 0 Å².